The molecule has 0 heterocycles. The van der Waals surface area contributed by atoms with Crippen molar-refractivity contribution in [2.24, 2.45) is 0 Å². The van der Waals surface area contributed by atoms with Crippen molar-refractivity contribution < 1.29 is 4.74 Å². The molecule has 0 fully saturated rings. The predicted molar refractivity (Wildman–Crippen MR) is 65.6 cm³/mol. The fourth-order valence-corrected chi connectivity index (χ4v) is 1.36. The Bertz CT molecular complexity index is 501. The van der Waals surface area contributed by atoms with Gasteiger partial charge in [-0.15, -0.1) is 6.42 Å². The second-order valence-electron chi connectivity index (χ2n) is 3.58. The first kappa shape index (κ1) is 10.3. The van der Waals surface area contributed by atoms with E-state index in [4.69, 9.17) is 11.2 Å². The maximum absolute atomic E-state index is 5.66. The Morgan fingerprint density at radius 2 is 1.38 bits per heavy atom. The molecular weight excluding hydrogens is 196 g/mol. The van der Waals surface area contributed by atoms with Crippen molar-refractivity contribution in [3.05, 3.63) is 59.7 Å². The van der Waals surface area contributed by atoms with E-state index < -0.39 is 0 Å². The lowest BCUT2D eigenvalue weighted by molar-refractivity contribution is 0.482. The molecule has 2 aromatic rings. The van der Waals surface area contributed by atoms with Crippen molar-refractivity contribution in [1.29, 1.82) is 0 Å². The van der Waals surface area contributed by atoms with Crippen LogP contribution in [0.25, 0.3) is 0 Å². The Kier molecular flexibility index (Phi) is 2.93. The summed E-state index contributed by atoms with van der Waals surface area (Å²) in [5.74, 6) is 4.20. The van der Waals surface area contributed by atoms with Gasteiger partial charge in [-0.2, -0.15) is 0 Å². The van der Waals surface area contributed by atoms with Crippen molar-refractivity contribution in [3.63, 3.8) is 0 Å². The van der Waals surface area contributed by atoms with Gasteiger partial charge in [-0.05, 0) is 43.3 Å². The van der Waals surface area contributed by atoms with Gasteiger partial charge in [0.25, 0.3) is 0 Å². The van der Waals surface area contributed by atoms with E-state index in [0.717, 1.165) is 17.1 Å². The standard InChI is InChI=1S/C15H12O/c1-3-13-6-10-15(11-7-13)16-14-8-4-12(2)5-9-14/h1,4-11H,2H3. The predicted octanol–water partition coefficient (Wildman–Crippen LogP) is 3.77. The normalized spacial score (nSPS) is 9.50. The quantitative estimate of drug-likeness (QED) is 0.683. The van der Waals surface area contributed by atoms with Crippen LogP contribution in [0.5, 0.6) is 11.5 Å². The second kappa shape index (κ2) is 4.55. The van der Waals surface area contributed by atoms with Gasteiger partial charge in [-0.1, -0.05) is 23.6 Å². The lowest BCUT2D eigenvalue weighted by Gasteiger charge is -2.05. The van der Waals surface area contributed by atoms with E-state index >= 15 is 0 Å². The first-order valence-corrected chi connectivity index (χ1v) is 5.09. The monoisotopic (exact) mass is 208 g/mol. The largest absolute Gasteiger partial charge is 0.457 e. The van der Waals surface area contributed by atoms with Crippen molar-refractivity contribution in [2.75, 3.05) is 0 Å². The maximum Gasteiger partial charge on any atom is 0.127 e. The molecule has 0 saturated heterocycles. The summed E-state index contributed by atoms with van der Waals surface area (Å²) in [6, 6.07) is 15.4. The first-order chi connectivity index (χ1) is 7.78. The fraction of sp³-hybridized carbons (Fsp3) is 0.0667. The molecule has 2 aromatic carbocycles. The molecular formula is C15H12O. The Balaban J connectivity index is 2.15. The number of benzene rings is 2. The third kappa shape index (κ3) is 2.43. The second-order valence-corrected chi connectivity index (χ2v) is 3.58. The fourth-order valence-electron chi connectivity index (χ4n) is 1.36. The Morgan fingerprint density at radius 1 is 0.875 bits per heavy atom. The summed E-state index contributed by atoms with van der Waals surface area (Å²) < 4.78 is 5.66. The van der Waals surface area contributed by atoms with Gasteiger partial charge in [0.15, 0.2) is 0 Å². The maximum atomic E-state index is 5.66. The summed E-state index contributed by atoms with van der Waals surface area (Å²) in [4.78, 5) is 0. The molecule has 0 atom stereocenters. The zero-order chi connectivity index (χ0) is 11.4. The van der Waals surface area contributed by atoms with Gasteiger partial charge in [0.1, 0.15) is 11.5 Å². The molecule has 0 aliphatic carbocycles. The Hall–Kier alpha value is -2.20. The van der Waals surface area contributed by atoms with Gasteiger partial charge in [-0.25, -0.2) is 0 Å². The molecule has 16 heavy (non-hydrogen) atoms. The van der Waals surface area contributed by atoms with Gasteiger partial charge in [-0.3, -0.25) is 0 Å². The number of hydrogen-bond donors (Lipinski definition) is 0. The van der Waals surface area contributed by atoms with E-state index in [2.05, 4.69) is 5.92 Å². The SMILES string of the molecule is C#Cc1ccc(Oc2ccc(C)cc2)cc1. The summed E-state index contributed by atoms with van der Waals surface area (Å²) in [6.45, 7) is 2.05. The van der Waals surface area contributed by atoms with Gasteiger partial charge in [0.05, 0.1) is 0 Å². The lowest BCUT2D eigenvalue weighted by Crippen LogP contribution is -1.84. The molecule has 2 rings (SSSR count). The molecule has 0 aromatic heterocycles. The average Bonchev–Trinajstić information content (AvgIpc) is 2.33. The topological polar surface area (TPSA) is 9.23 Å². The first-order valence-electron chi connectivity index (χ1n) is 5.09. The van der Waals surface area contributed by atoms with Crippen LogP contribution in [-0.4, -0.2) is 0 Å². The molecule has 0 saturated carbocycles. The zero-order valence-corrected chi connectivity index (χ0v) is 9.10. The van der Waals surface area contributed by atoms with Crippen LogP contribution in [-0.2, 0) is 0 Å². The van der Waals surface area contributed by atoms with Crippen molar-refractivity contribution >= 4 is 0 Å². The highest BCUT2D eigenvalue weighted by Crippen LogP contribution is 2.21. The molecule has 0 amide bonds. The van der Waals surface area contributed by atoms with Crippen LogP contribution < -0.4 is 4.74 Å². The number of aryl methyl sites for hydroxylation is 1. The Morgan fingerprint density at radius 3 is 1.88 bits per heavy atom. The average molecular weight is 208 g/mol. The molecule has 1 nitrogen and oxygen atoms in total. The van der Waals surface area contributed by atoms with Gasteiger partial charge < -0.3 is 4.74 Å². The summed E-state index contributed by atoms with van der Waals surface area (Å²) in [7, 11) is 0. The van der Waals surface area contributed by atoms with E-state index in [1.165, 1.54) is 5.56 Å². The van der Waals surface area contributed by atoms with Crippen LogP contribution >= 0.6 is 0 Å². The van der Waals surface area contributed by atoms with Crippen molar-refractivity contribution in [3.8, 4) is 23.8 Å². The van der Waals surface area contributed by atoms with E-state index in [1.807, 2.05) is 55.5 Å². The minimum absolute atomic E-state index is 0.794. The van der Waals surface area contributed by atoms with Crippen LogP contribution in [0.1, 0.15) is 11.1 Å². The number of rotatable bonds is 2. The van der Waals surface area contributed by atoms with Gasteiger partial charge in [0.2, 0.25) is 0 Å². The minimum atomic E-state index is 0.794. The van der Waals surface area contributed by atoms with E-state index in [-0.39, 0.29) is 0 Å². The van der Waals surface area contributed by atoms with Gasteiger partial charge in [0, 0.05) is 5.56 Å². The van der Waals surface area contributed by atoms with Crippen molar-refractivity contribution in [2.45, 2.75) is 6.92 Å². The zero-order valence-electron chi connectivity index (χ0n) is 9.10. The number of ether oxygens (including phenoxy) is 1. The molecule has 0 spiro atoms. The van der Waals surface area contributed by atoms with Gasteiger partial charge >= 0.3 is 0 Å². The van der Waals surface area contributed by atoms with Crippen LogP contribution in [0, 0.1) is 19.3 Å². The molecule has 0 unspecified atom stereocenters. The van der Waals surface area contributed by atoms with Crippen LogP contribution in [0.3, 0.4) is 0 Å². The summed E-state index contributed by atoms with van der Waals surface area (Å²) in [5, 5.41) is 0. The lowest BCUT2D eigenvalue weighted by atomic mass is 10.2. The number of terminal acetylenes is 1. The van der Waals surface area contributed by atoms with Crippen LogP contribution in [0.4, 0.5) is 0 Å². The molecule has 0 N–H and O–H groups in total. The molecule has 0 bridgehead atoms. The van der Waals surface area contributed by atoms with E-state index in [1.54, 1.807) is 0 Å². The summed E-state index contributed by atoms with van der Waals surface area (Å²) in [5.41, 5.74) is 2.08. The molecule has 1 heteroatoms. The Labute approximate surface area is 95.7 Å². The molecule has 0 radical (unpaired) electrons. The van der Waals surface area contributed by atoms with E-state index in [9.17, 15) is 0 Å². The highest BCUT2D eigenvalue weighted by Gasteiger charge is 1.96. The summed E-state index contributed by atoms with van der Waals surface area (Å²) in [6.07, 6.45) is 5.28. The molecule has 78 valence electrons. The van der Waals surface area contributed by atoms with Crippen LogP contribution in [0.2, 0.25) is 0 Å². The van der Waals surface area contributed by atoms with E-state index in [0.29, 0.717) is 0 Å². The third-order valence-corrected chi connectivity index (χ3v) is 2.28. The molecule has 0 aliphatic rings. The summed E-state index contributed by atoms with van der Waals surface area (Å²) >= 11 is 0. The molecule has 0 aliphatic heterocycles. The highest BCUT2D eigenvalue weighted by molar-refractivity contribution is 5.39. The smallest absolute Gasteiger partial charge is 0.127 e. The minimum Gasteiger partial charge on any atom is -0.457 e. The third-order valence-electron chi connectivity index (χ3n) is 2.28. The number of hydrogen-bond acceptors (Lipinski definition) is 1. The highest BCUT2D eigenvalue weighted by atomic mass is 16.5. The van der Waals surface area contributed by atoms with Crippen molar-refractivity contribution in [1.82, 2.24) is 0 Å². The van der Waals surface area contributed by atoms with Crippen LogP contribution in [0.15, 0.2) is 48.5 Å².